The highest BCUT2D eigenvalue weighted by atomic mass is 16.5. The molecule has 1 aromatic heterocycles. The molecule has 0 radical (unpaired) electrons. The van der Waals surface area contributed by atoms with Gasteiger partial charge in [-0.2, -0.15) is 0 Å². The van der Waals surface area contributed by atoms with Crippen LogP contribution in [0.15, 0.2) is 96.5 Å². The maximum atomic E-state index is 16.1. The molecule has 12 heteroatoms. The van der Waals surface area contributed by atoms with Gasteiger partial charge in [-0.1, -0.05) is 38.1 Å². The summed E-state index contributed by atoms with van der Waals surface area (Å²) < 4.78 is 12.1. The number of carbonyl (C=O) groups is 1. The van der Waals surface area contributed by atoms with Crippen molar-refractivity contribution in [3.63, 3.8) is 0 Å². The Morgan fingerprint density at radius 2 is 1.81 bits per heavy atom. The van der Waals surface area contributed by atoms with E-state index in [1.165, 1.54) is 6.07 Å². The number of carbonyl (C=O) groups excluding carboxylic acids is 1. The zero-order valence-corrected chi connectivity index (χ0v) is 38.6. The molecule has 2 bridgehead atoms. The lowest BCUT2D eigenvalue weighted by Gasteiger charge is -2.46. The normalized spacial score (nSPS) is 23.4. The Bertz CT molecular complexity index is 2660. The molecule has 1 fully saturated rings. The van der Waals surface area contributed by atoms with Crippen LogP contribution in [0.3, 0.4) is 0 Å². The first-order valence-corrected chi connectivity index (χ1v) is 24.2. The quantitative estimate of drug-likeness (QED) is 0.0428. The molecular formula is C55H65N3O9. The van der Waals surface area contributed by atoms with Crippen LogP contribution < -0.4 is 20.1 Å². The van der Waals surface area contributed by atoms with Crippen molar-refractivity contribution in [2.75, 3.05) is 25.1 Å². The fourth-order valence-corrected chi connectivity index (χ4v) is 11.7. The van der Waals surface area contributed by atoms with Gasteiger partial charge in [0, 0.05) is 47.4 Å². The number of fused-ring (bicyclic) bond motifs is 6. The number of hydrogen-bond donors (Lipinski definition) is 9. The minimum absolute atomic E-state index is 0.00926. The molecule has 1 aliphatic carbocycles. The Morgan fingerprint density at radius 3 is 2.63 bits per heavy atom. The topological polar surface area (TPSA) is 197 Å². The highest BCUT2D eigenvalue weighted by Crippen LogP contribution is 2.58. The zero-order valence-electron chi connectivity index (χ0n) is 38.6. The predicted octanol–water partition coefficient (Wildman–Crippen LogP) is 9.21. The highest BCUT2D eigenvalue weighted by Gasteiger charge is 2.58. The summed E-state index contributed by atoms with van der Waals surface area (Å²) in [4.78, 5) is 19.4. The summed E-state index contributed by atoms with van der Waals surface area (Å²) in [5.41, 5.74) is 5.11. The van der Waals surface area contributed by atoms with Crippen LogP contribution in [-0.2, 0) is 30.5 Å². The van der Waals surface area contributed by atoms with Gasteiger partial charge in [-0.05, 0) is 170 Å². The van der Waals surface area contributed by atoms with Crippen LogP contribution in [0.5, 0.6) is 34.5 Å². The number of aryl methyl sites for hydroxylation is 2. The number of H-pyrrole nitrogens is 1. The van der Waals surface area contributed by atoms with Gasteiger partial charge >= 0.3 is 0 Å². The second-order valence-electron chi connectivity index (χ2n) is 19.6. The third-order valence-electron chi connectivity index (χ3n) is 15.0. The fraction of sp³-hybridized carbons (Fsp3) is 0.436. The molecular weight excluding hydrogens is 847 g/mol. The van der Waals surface area contributed by atoms with Gasteiger partial charge in [-0.3, -0.25) is 4.79 Å². The van der Waals surface area contributed by atoms with E-state index in [4.69, 9.17) is 9.47 Å². The molecule has 9 rings (SSSR count). The number of allylic oxidation sites excluding steroid dienone is 2. The number of ether oxygens (including phenoxy) is 2. The molecule has 0 unspecified atom stereocenters. The number of anilines is 1. The second-order valence-corrected chi connectivity index (χ2v) is 19.6. The number of hydrogen-bond acceptors (Lipinski definition) is 11. The van der Waals surface area contributed by atoms with Gasteiger partial charge in [-0.25, -0.2) is 0 Å². The van der Waals surface area contributed by atoms with Crippen LogP contribution in [0.4, 0.5) is 5.69 Å². The van der Waals surface area contributed by atoms with Crippen LogP contribution in [0, 0.1) is 23.2 Å². The van der Waals surface area contributed by atoms with Crippen molar-refractivity contribution in [3.05, 3.63) is 124 Å². The third-order valence-corrected chi connectivity index (χ3v) is 15.0. The first-order chi connectivity index (χ1) is 32.4. The lowest BCUT2D eigenvalue weighted by Crippen LogP contribution is -2.50. The van der Waals surface area contributed by atoms with E-state index in [9.17, 15) is 30.6 Å². The molecule has 12 nitrogen and oxygen atoms in total. The zero-order chi connectivity index (χ0) is 46.8. The maximum Gasteiger partial charge on any atom is 0.200 e. The van der Waals surface area contributed by atoms with E-state index in [-0.39, 0.29) is 47.4 Å². The Hall–Kier alpha value is -6.11. The summed E-state index contributed by atoms with van der Waals surface area (Å²) in [6, 6.07) is 20.0. The molecule has 5 aromatic rings. The number of aromatic hydroxyl groups is 4. The van der Waals surface area contributed by atoms with Gasteiger partial charge in [-0.15, -0.1) is 0 Å². The average molecular weight is 912 g/mol. The second kappa shape index (κ2) is 19.6. The minimum atomic E-state index is -1.15. The molecule has 9 N–H and O–H groups in total. The SMILES string of the molecule is CC(C)CCCOc1cc([C@@H]2CCc3c(ccc4cc(O)ccc34)NC3=CC(=CCN3)[C@@]3(CC[C@@H](O)[C@@H]3Cc3ccc[nH]3)[C@@H]([C@H](O)CCc3ccc(O)c4c3CCCO4)C(=O)C2)cc(O)c1O. The molecule has 4 aromatic carbocycles. The summed E-state index contributed by atoms with van der Waals surface area (Å²) in [5, 5.41) is 77.8. The van der Waals surface area contributed by atoms with Crippen LogP contribution in [-0.4, -0.2) is 73.4 Å². The summed E-state index contributed by atoms with van der Waals surface area (Å²) >= 11 is 0. The Kier molecular flexibility index (Phi) is 13.5. The first-order valence-electron chi connectivity index (χ1n) is 24.2. The van der Waals surface area contributed by atoms with Crippen LogP contribution in [0.1, 0.15) is 99.1 Å². The van der Waals surface area contributed by atoms with Gasteiger partial charge < -0.3 is 55.7 Å². The van der Waals surface area contributed by atoms with E-state index < -0.39 is 35.4 Å². The van der Waals surface area contributed by atoms with E-state index in [0.717, 1.165) is 75.9 Å². The van der Waals surface area contributed by atoms with E-state index in [2.05, 4.69) is 41.6 Å². The first kappa shape index (κ1) is 46.0. The van der Waals surface area contributed by atoms with Crippen LogP contribution >= 0.6 is 0 Å². The number of nitrogens with one attached hydrogen (secondary N) is 3. The molecule has 4 heterocycles. The standard InChI is InChI=1S/C55H65N3O9/c1-32(2)6-4-24-66-50-29-36(28-49(64)53(50)65)34-9-14-42-40-15-13-39(59)26-35(40)10-16-44(42)58-51-30-37(20-23-57-51)55(21-19-45(60)43(55)31-38-7-3-22-56-38)52(48(63)27-34)46(61)17-11-33-12-18-47(62)54-41(33)8-5-25-67-54/h3,7,10,12-13,15-16,18,20,22,26,28-30,32,34,43,45-46,52,56-62,64-65H,4-6,8-9,11,14,17,19,21,23-25,27,31H2,1-2H3/t34-,43+,45-,46-,52+,55-/m1/s1. The Balaban J connectivity index is 1.19. The summed E-state index contributed by atoms with van der Waals surface area (Å²) in [6.07, 6.45) is 10.3. The number of aliphatic hydroxyl groups is 2. The van der Waals surface area contributed by atoms with Gasteiger partial charge in [0.1, 0.15) is 17.4 Å². The fourth-order valence-electron chi connectivity index (χ4n) is 11.7. The third kappa shape index (κ3) is 9.43. The van der Waals surface area contributed by atoms with Crippen LogP contribution in [0.25, 0.3) is 10.8 Å². The number of ketones is 1. The number of benzene rings is 4. The van der Waals surface area contributed by atoms with E-state index in [0.29, 0.717) is 75.5 Å². The number of aliphatic hydroxyl groups excluding tert-OH is 2. The Morgan fingerprint density at radius 1 is 0.940 bits per heavy atom. The molecule has 1 spiro atoms. The lowest BCUT2D eigenvalue weighted by molar-refractivity contribution is -0.134. The van der Waals surface area contributed by atoms with Crippen molar-refractivity contribution in [3.8, 4) is 34.5 Å². The number of dihydropyridines is 1. The van der Waals surface area contributed by atoms with Crippen molar-refractivity contribution in [2.45, 2.75) is 109 Å². The highest BCUT2D eigenvalue weighted by molar-refractivity contribution is 5.91. The summed E-state index contributed by atoms with van der Waals surface area (Å²) in [7, 11) is 0. The molecule has 0 saturated heterocycles. The Labute approximate surface area is 392 Å². The van der Waals surface area contributed by atoms with Crippen molar-refractivity contribution >= 4 is 22.2 Å². The smallest absolute Gasteiger partial charge is 0.200 e. The van der Waals surface area contributed by atoms with Gasteiger partial charge in [0.2, 0.25) is 5.75 Å². The van der Waals surface area contributed by atoms with Crippen molar-refractivity contribution in [1.29, 1.82) is 0 Å². The summed E-state index contributed by atoms with van der Waals surface area (Å²) in [6.45, 7) is 5.58. The van der Waals surface area contributed by atoms with E-state index in [1.807, 2.05) is 42.6 Å². The number of phenolic OH excluding ortho intramolecular Hbond substituents is 4. The van der Waals surface area contributed by atoms with Gasteiger partial charge in [0.05, 0.1) is 31.3 Å². The van der Waals surface area contributed by atoms with E-state index in [1.54, 1.807) is 24.3 Å². The molecule has 6 atom stereocenters. The number of rotatable bonds is 12. The summed E-state index contributed by atoms with van der Waals surface area (Å²) in [5.74, 6) is -0.721. The molecule has 67 heavy (non-hydrogen) atoms. The van der Waals surface area contributed by atoms with Gasteiger partial charge in [0.25, 0.3) is 0 Å². The van der Waals surface area contributed by atoms with Gasteiger partial charge in [0.15, 0.2) is 23.0 Å². The van der Waals surface area contributed by atoms with E-state index >= 15 is 4.79 Å². The molecule has 354 valence electrons. The van der Waals surface area contributed by atoms with Crippen molar-refractivity contribution in [1.82, 2.24) is 10.3 Å². The molecule has 4 aliphatic rings. The number of aromatic amines is 1. The minimum Gasteiger partial charge on any atom is -0.508 e. The van der Waals surface area contributed by atoms with Crippen molar-refractivity contribution < 1.29 is 44.9 Å². The lowest BCUT2D eigenvalue weighted by atomic mass is 9.57. The van der Waals surface area contributed by atoms with Crippen LogP contribution in [0.2, 0.25) is 0 Å². The molecule has 3 aliphatic heterocycles. The number of aromatic nitrogens is 1. The number of Topliss-reactive ketones (excluding diaryl/α,β-unsaturated/α-hetero) is 1. The largest absolute Gasteiger partial charge is 0.508 e. The average Bonchev–Trinajstić information content (AvgIpc) is 3.96. The monoisotopic (exact) mass is 911 g/mol. The predicted molar refractivity (Wildman–Crippen MR) is 259 cm³/mol. The number of phenols is 4. The van der Waals surface area contributed by atoms with Crippen molar-refractivity contribution in [2.24, 2.45) is 23.2 Å². The maximum absolute atomic E-state index is 16.1. The molecule has 0 amide bonds. The molecule has 1 saturated carbocycles.